The van der Waals surface area contributed by atoms with Crippen molar-refractivity contribution in [3.05, 3.63) is 40.2 Å². The molecule has 0 unspecified atom stereocenters. The summed E-state index contributed by atoms with van der Waals surface area (Å²) in [5.74, 6) is 0.109. The second-order valence-electron chi connectivity index (χ2n) is 6.63. The molecular weight excluding hydrogens is 366 g/mol. The van der Waals surface area contributed by atoms with E-state index in [1.54, 1.807) is 0 Å². The third-order valence-electron chi connectivity index (χ3n) is 4.57. The number of rotatable bonds is 5. The fourth-order valence-electron chi connectivity index (χ4n) is 3.23. The van der Waals surface area contributed by atoms with Crippen molar-refractivity contribution in [2.45, 2.75) is 45.1 Å². The molecule has 0 aliphatic heterocycles. The van der Waals surface area contributed by atoms with Gasteiger partial charge in [0.25, 0.3) is 5.88 Å². The van der Waals surface area contributed by atoms with Crippen LogP contribution in [0, 0.1) is 17.0 Å². The van der Waals surface area contributed by atoms with Gasteiger partial charge in [0.1, 0.15) is 12.4 Å². The summed E-state index contributed by atoms with van der Waals surface area (Å²) in [5, 5.41) is 15.2. The van der Waals surface area contributed by atoms with Gasteiger partial charge in [-0.15, -0.1) is 0 Å². The Hall–Kier alpha value is -2.81. The molecule has 9 heteroatoms. The van der Waals surface area contributed by atoms with Crippen molar-refractivity contribution in [2.24, 2.45) is 0 Å². The number of hydrogen-bond donors (Lipinski definition) is 1. The highest BCUT2D eigenvalue weighted by Crippen LogP contribution is 2.36. The van der Waals surface area contributed by atoms with Gasteiger partial charge in [-0.3, -0.25) is 10.1 Å². The normalized spacial score (nSPS) is 15.0. The molecule has 0 saturated heterocycles. The van der Waals surface area contributed by atoms with E-state index in [-0.39, 0.29) is 23.5 Å². The Balaban J connectivity index is 1.64. The molecule has 1 fully saturated rings. The molecule has 1 aliphatic carbocycles. The molecule has 1 saturated carbocycles. The number of benzene rings is 1. The average molecular weight is 385 g/mol. The van der Waals surface area contributed by atoms with Crippen molar-refractivity contribution in [3.8, 4) is 5.88 Å². The quantitative estimate of drug-likeness (QED) is 0.499. The van der Waals surface area contributed by atoms with Gasteiger partial charge in [0.05, 0.1) is 15.1 Å². The predicted octanol–water partition coefficient (Wildman–Crippen LogP) is 4.76. The van der Waals surface area contributed by atoms with E-state index < -0.39 is 4.92 Å². The van der Waals surface area contributed by atoms with Crippen LogP contribution in [0.1, 0.15) is 37.7 Å². The summed E-state index contributed by atoms with van der Waals surface area (Å²) in [6.45, 7) is 2.01. The van der Waals surface area contributed by atoms with E-state index in [0.29, 0.717) is 5.13 Å². The van der Waals surface area contributed by atoms with Crippen molar-refractivity contribution in [1.29, 1.82) is 0 Å². The third-order valence-corrected chi connectivity index (χ3v) is 5.50. The van der Waals surface area contributed by atoms with Crippen LogP contribution in [-0.4, -0.2) is 26.0 Å². The molecule has 4 rings (SSSR count). The lowest BCUT2D eigenvalue weighted by molar-refractivity contribution is -0.385. The zero-order valence-corrected chi connectivity index (χ0v) is 15.7. The molecule has 2 aromatic heterocycles. The van der Waals surface area contributed by atoms with E-state index in [0.717, 1.165) is 41.5 Å². The molecule has 0 amide bonds. The SMILES string of the molecule is Cc1ccc2nc(Nc3ncnc(OC4CCCCC4)c3[N+](=O)[O-])sc2c1. The highest BCUT2D eigenvalue weighted by atomic mass is 32.1. The lowest BCUT2D eigenvalue weighted by Crippen LogP contribution is -2.21. The van der Waals surface area contributed by atoms with E-state index in [1.165, 1.54) is 24.1 Å². The number of aryl methyl sites for hydroxylation is 1. The Kier molecular flexibility index (Phi) is 4.85. The molecule has 0 bridgehead atoms. The first-order valence-corrected chi connectivity index (χ1v) is 9.72. The van der Waals surface area contributed by atoms with E-state index in [4.69, 9.17) is 4.74 Å². The van der Waals surface area contributed by atoms with Gasteiger partial charge in [-0.05, 0) is 50.3 Å². The number of anilines is 2. The molecular formula is C18H19N5O3S. The van der Waals surface area contributed by atoms with Crippen LogP contribution in [0.3, 0.4) is 0 Å². The van der Waals surface area contributed by atoms with Crippen LogP contribution in [0.4, 0.5) is 16.6 Å². The summed E-state index contributed by atoms with van der Waals surface area (Å²) < 4.78 is 6.86. The number of fused-ring (bicyclic) bond motifs is 1. The molecule has 0 atom stereocenters. The standard InChI is InChI=1S/C18H19N5O3S/c1-11-7-8-13-14(9-11)27-18(21-13)22-16-15(23(24)25)17(20-10-19-16)26-12-5-3-2-4-6-12/h7-10,12H,2-6H2,1H3,(H,19,20,21,22). The first kappa shape index (κ1) is 17.6. The maximum Gasteiger partial charge on any atom is 0.373 e. The third kappa shape index (κ3) is 3.82. The van der Waals surface area contributed by atoms with E-state index >= 15 is 0 Å². The van der Waals surface area contributed by atoms with Gasteiger partial charge >= 0.3 is 5.69 Å². The average Bonchev–Trinajstić information content (AvgIpc) is 3.04. The maximum atomic E-state index is 11.7. The lowest BCUT2D eigenvalue weighted by Gasteiger charge is -2.22. The highest BCUT2D eigenvalue weighted by Gasteiger charge is 2.28. The Morgan fingerprint density at radius 2 is 2.07 bits per heavy atom. The molecule has 140 valence electrons. The van der Waals surface area contributed by atoms with Gasteiger partial charge in [0.15, 0.2) is 5.13 Å². The van der Waals surface area contributed by atoms with Gasteiger partial charge in [0.2, 0.25) is 5.82 Å². The summed E-state index contributed by atoms with van der Waals surface area (Å²) in [6.07, 6.45) is 6.34. The van der Waals surface area contributed by atoms with E-state index in [9.17, 15) is 10.1 Å². The molecule has 0 radical (unpaired) electrons. The van der Waals surface area contributed by atoms with Gasteiger partial charge in [0, 0.05) is 0 Å². The topological polar surface area (TPSA) is 103 Å². The summed E-state index contributed by atoms with van der Waals surface area (Å²) in [7, 11) is 0. The largest absolute Gasteiger partial charge is 0.469 e. The second kappa shape index (κ2) is 7.43. The molecule has 1 aromatic carbocycles. The molecule has 1 aliphatic rings. The number of aromatic nitrogens is 3. The fraction of sp³-hybridized carbons (Fsp3) is 0.389. The Labute approximate surface area is 159 Å². The Bertz CT molecular complexity index is 984. The van der Waals surface area contributed by atoms with Crippen LogP contribution in [0.5, 0.6) is 5.88 Å². The molecule has 1 N–H and O–H groups in total. The minimum atomic E-state index is -0.502. The predicted molar refractivity (Wildman–Crippen MR) is 104 cm³/mol. The van der Waals surface area contributed by atoms with Crippen molar-refractivity contribution in [3.63, 3.8) is 0 Å². The van der Waals surface area contributed by atoms with Crippen LogP contribution in [0.15, 0.2) is 24.5 Å². The van der Waals surface area contributed by atoms with E-state index in [2.05, 4.69) is 20.3 Å². The summed E-state index contributed by atoms with van der Waals surface area (Å²) in [6, 6.07) is 5.94. The van der Waals surface area contributed by atoms with Crippen molar-refractivity contribution in [2.75, 3.05) is 5.32 Å². The minimum absolute atomic E-state index is 0.0151. The summed E-state index contributed by atoms with van der Waals surface area (Å²) >= 11 is 1.42. The zero-order valence-electron chi connectivity index (χ0n) is 14.8. The van der Waals surface area contributed by atoms with Crippen LogP contribution < -0.4 is 10.1 Å². The van der Waals surface area contributed by atoms with Crippen LogP contribution >= 0.6 is 11.3 Å². The number of ether oxygens (including phenoxy) is 1. The monoisotopic (exact) mass is 385 g/mol. The Morgan fingerprint density at radius 1 is 1.26 bits per heavy atom. The van der Waals surface area contributed by atoms with Crippen molar-refractivity contribution in [1.82, 2.24) is 15.0 Å². The number of nitrogens with one attached hydrogen (secondary N) is 1. The maximum absolute atomic E-state index is 11.7. The van der Waals surface area contributed by atoms with Gasteiger partial charge in [-0.1, -0.05) is 23.8 Å². The lowest BCUT2D eigenvalue weighted by atomic mass is 9.98. The van der Waals surface area contributed by atoms with Crippen molar-refractivity contribution < 1.29 is 9.66 Å². The number of nitrogens with zero attached hydrogens (tertiary/aromatic N) is 4. The minimum Gasteiger partial charge on any atom is -0.469 e. The molecule has 2 heterocycles. The number of nitro groups is 1. The summed E-state index contributed by atoms with van der Waals surface area (Å²) in [5.41, 5.74) is 1.72. The smallest absolute Gasteiger partial charge is 0.373 e. The molecule has 8 nitrogen and oxygen atoms in total. The molecule has 27 heavy (non-hydrogen) atoms. The Morgan fingerprint density at radius 3 is 2.85 bits per heavy atom. The van der Waals surface area contributed by atoms with Crippen LogP contribution in [-0.2, 0) is 0 Å². The number of hydrogen-bond acceptors (Lipinski definition) is 8. The first-order chi connectivity index (χ1) is 13.1. The van der Waals surface area contributed by atoms with Gasteiger partial charge < -0.3 is 10.1 Å². The molecule has 0 spiro atoms. The zero-order chi connectivity index (χ0) is 18.8. The second-order valence-corrected chi connectivity index (χ2v) is 7.66. The summed E-state index contributed by atoms with van der Waals surface area (Å²) in [4.78, 5) is 23.7. The fourth-order valence-corrected chi connectivity index (χ4v) is 4.20. The first-order valence-electron chi connectivity index (χ1n) is 8.90. The van der Waals surface area contributed by atoms with Gasteiger partial charge in [-0.2, -0.15) is 4.98 Å². The van der Waals surface area contributed by atoms with Crippen LogP contribution in [0.25, 0.3) is 10.2 Å². The highest BCUT2D eigenvalue weighted by molar-refractivity contribution is 7.22. The van der Waals surface area contributed by atoms with Gasteiger partial charge in [-0.25, -0.2) is 9.97 Å². The number of thiazole rings is 1. The van der Waals surface area contributed by atoms with E-state index in [1.807, 2.05) is 25.1 Å². The van der Waals surface area contributed by atoms with Crippen molar-refractivity contribution >= 4 is 38.2 Å². The molecule has 3 aromatic rings. The van der Waals surface area contributed by atoms with Crippen LogP contribution in [0.2, 0.25) is 0 Å².